The number of aromatic nitrogens is 2. The molecule has 3 unspecified atom stereocenters. The Bertz CT molecular complexity index is 2440. The van der Waals surface area contributed by atoms with Crippen LogP contribution in [0.15, 0.2) is 38.7 Å². The number of carboxylic acid groups (broad SMARTS) is 1. The summed E-state index contributed by atoms with van der Waals surface area (Å²) in [5, 5.41) is 17.1. The van der Waals surface area contributed by atoms with E-state index in [9.17, 15) is 38.7 Å². The molecule has 1 saturated carbocycles. The number of carboxylic acids is 1. The van der Waals surface area contributed by atoms with E-state index in [1.807, 2.05) is 11.8 Å². The number of benzene rings is 1. The van der Waals surface area contributed by atoms with Crippen molar-refractivity contribution in [1.29, 1.82) is 0 Å². The number of nitrogens with two attached hydrogens (primary N) is 1. The van der Waals surface area contributed by atoms with Gasteiger partial charge in [0.1, 0.15) is 42.9 Å². The van der Waals surface area contributed by atoms with Gasteiger partial charge in [0.25, 0.3) is 5.91 Å². The number of fused-ring (bicyclic) bond motifs is 1. The topological polar surface area (TPSA) is 248 Å². The molecule has 318 valence electrons. The molecule has 3 aliphatic heterocycles. The van der Waals surface area contributed by atoms with E-state index in [-0.39, 0.29) is 59.0 Å². The standard InChI is InChI=1S/C39H41FN6O12S2/c1-16-5-6-21-30-22(32(48)23(36(51)52)12-46(16)30)11-24(40)31(21)45-9-7-20(8-10-45)58-37(53)17(2)57-38(54)26-19(13-56-18(3)47)14-59-34-27(26)33(49)29(34)43-35(50)28(44-55-4)25-15-60-39(41)42-25/h11-12,15-17,20,27,29,34H,5-10,13-14H2,1-4H3,(H2,41,42)(H,43,50)(H,51,52)/b44-28-/t16?,17?,27?,29-,34+/m1/s1. The van der Waals surface area contributed by atoms with Gasteiger partial charge in [0, 0.05) is 72.4 Å². The third kappa shape index (κ3) is 7.94. The van der Waals surface area contributed by atoms with Crippen molar-refractivity contribution in [2.24, 2.45) is 11.1 Å². The Morgan fingerprint density at radius 3 is 2.55 bits per heavy atom. The third-order valence-electron chi connectivity index (χ3n) is 11.0. The van der Waals surface area contributed by atoms with Crippen molar-refractivity contribution in [2.45, 2.75) is 76.0 Å². The van der Waals surface area contributed by atoms with Crippen LogP contribution in [-0.2, 0) is 49.4 Å². The lowest BCUT2D eigenvalue weighted by molar-refractivity contribution is -0.169. The first-order valence-electron chi connectivity index (χ1n) is 19.0. The quantitative estimate of drug-likeness (QED) is 0.102. The molecule has 7 rings (SSSR count). The number of aryl methyl sites for hydroxylation is 1. The molecule has 18 nitrogen and oxygen atoms in total. The fourth-order valence-corrected chi connectivity index (χ4v) is 10.1. The fraction of sp³-hybridized carbons (Fsp3) is 0.462. The molecule has 2 aromatic heterocycles. The molecular formula is C39H41FN6O12S2. The van der Waals surface area contributed by atoms with Crippen LogP contribution < -0.4 is 21.4 Å². The number of oxime groups is 1. The lowest BCUT2D eigenvalue weighted by atomic mass is 9.71. The zero-order valence-corrected chi connectivity index (χ0v) is 34.5. The number of carbonyl (C=O) groups is 6. The number of hydrogen-bond acceptors (Lipinski definition) is 17. The molecule has 0 spiro atoms. The Kier molecular flexibility index (Phi) is 12.0. The number of amides is 1. The highest BCUT2D eigenvalue weighted by Gasteiger charge is 2.57. The monoisotopic (exact) mass is 868 g/mol. The molecule has 2 fully saturated rings. The number of aromatic carboxylic acids is 1. The van der Waals surface area contributed by atoms with Gasteiger partial charge >= 0.3 is 23.9 Å². The zero-order valence-electron chi connectivity index (χ0n) is 32.9. The van der Waals surface area contributed by atoms with Gasteiger partial charge in [0.2, 0.25) is 5.43 Å². The van der Waals surface area contributed by atoms with Gasteiger partial charge in [-0.1, -0.05) is 5.16 Å². The average molecular weight is 869 g/mol. The van der Waals surface area contributed by atoms with Crippen LogP contribution in [0, 0.1) is 11.7 Å². The number of esters is 3. The lowest BCUT2D eigenvalue weighted by Crippen LogP contribution is -2.66. The van der Waals surface area contributed by atoms with E-state index in [0.717, 1.165) is 17.4 Å². The number of rotatable bonds is 12. The number of carbonyl (C=O) groups excluding carboxylic acids is 5. The second kappa shape index (κ2) is 17.0. The van der Waals surface area contributed by atoms with Crippen LogP contribution in [0.4, 0.5) is 15.2 Å². The molecule has 5 heterocycles. The summed E-state index contributed by atoms with van der Waals surface area (Å²) < 4.78 is 34.1. The van der Waals surface area contributed by atoms with E-state index in [0.29, 0.717) is 48.0 Å². The Labute approximate surface area is 349 Å². The first kappa shape index (κ1) is 42.3. The number of thiazole rings is 1. The Balaban J connectivity index is 1.01. The van der Waals surface area contributed by atoms with E-state index in [4.69, 9.17) is 24.8 Å². The first-order valence-corrected chi connectivity index (χ1v) is 21.0. The summed E-state index contributed by atoms with van der Waals surface area (Å²) in [6, 6.07) is -0.0442. The van der Waals surface area contributed by atoms with Crippen molar-refractivity contribution in [3.05, 3.63) is 61.7 Å². The van der Waals surface area contributed by atoms with E-state index >= 15 is 4.39 Å². The van der Waals surface area contributed by atoms with Gasteiger partial charge in [-0.15, -0.1) is 11.3 Å². The summed E-state index contributed by atoms with van der Waals surface area (Å²) in [4.78, 5) is 101. The van der Waals surface area contributed by atoms with Crippen molar-refractivity contribution < 1.29 is 57.3 Å². The third-order valence-corrected chi connectivity index (χ3v) is 13.2. The number of hydrogen-bond donors (Lipinski definition) is 3. The summed E-state index contributed by atoms with van der Waals surface area (Å²) in [6.45, 7) is 4.72. The molecule has 60 heavy (non-hydrogen) atoms. The van der Waals surface area contributed by atoms with Crippen LogP contribution in [0.3, 0.4) is 0 Å². The molecule has 1 amide bonds. The highest BCUT2D eigenvalue weighted by Crippen LogP contribution is 2.46. The SMILES string of the molecule is CO/N=C(\C(=O)N[C@@H]1C(=O)C2C(C(=O)OC(C)C(=O)OC3CCN(c4c(F)cc5c(=O)c(C(=O)O)cn6c5c4CCC6C)CC3)=C(COC(C)=O)CS[C@@H]21)c1csc(N)n1. The normalized spacial score (nSPS) is 22.1. The van der Waals surface area contributed by atoms with Crippen molar-refractivity contribution in [2.75, 3.05) is 43.2 Å². The van der Waals surface area contributed by atoms with Gasteiger partial charge < -0.3 is 44.7 Å². The van der Waals surface area contributed by atoms with Gasteiger partial charge in [-0.2, -0.15) is 11.8 Å². The smallest absolute Gasteiger partial charge is 0.347 e. The van der Waals surface area contributed by atoms with Gasteiger partial charge in [0.05, 0.1) is 22.7 Å². The summed E-state index contributed by atoms with van der Waals surface area (Å²) in [5.41, 5.74) is 6.17. The second-order valence-electron chi connectivity index (χ2n) is 14.8. The maximum Gasteiger partial charge on any atom is 0.347 e. The van der Waals surface area contributed by atoms with E-state index in [1.54, 1.807) is 4.57 Å². The number of thioether (sulfide) groups is 1. The predicted molar refractivity (Wildman–Crippen MR) is 215 cm³/mol. The molecule has 4 N–H and O–H groups in total. The van der Waals surface area contributed by atoms with Gasteiger partial charge in [-0.3, -0.25) is 19.2 Å². The molecule has 1 saturated heterocycles. The van der Waals surface area contributed by atoms with Gasteiger partial charge in [-0.05, 0) is 38.3 Å². The number of piperidine rings is 1. The van der Waals surface area contributed by atoms with Gasteiger partial charge in [0.15, 0.2) is 22.7 Å². The minimum absolute atomic E-state index is 0.00969. The van der Waals surface area contributed by atoms with E-state index in [2.05, 4.69) is 15.5 Å². The van der Waals surface area contributed by atoms with Crippen molar-refractivity contribution in [3.8, 4) is 0 Å². The van der Waals surface area contributed by atoms with Crippen LogP contribution in [0.1, 0.15) is 67.7 Å². The minimum atomic E-state index is -1.41. The molecule has 21 heteroatoms. The minimum Gasteiger partial charge on any atom is -0.477 e. The summed E-state index contributed by atoms with van der Waals surface area (Å²) in [7, 11) is 1.24. The molecule has 1 aliphatic carbocycles. The fourth-order valence-electron chi connectivity index (χ4n) is 8.08. The molecule has 5 atom stereocenters. The first-order chi connectivity index (χ1) is 28.6. The Hall–Kier alpha value is -5.83. The number of Topliss-reactive ketones (excluding diaryl/α,β-unsaturated/α-hetero) is 1. The van der Waals surface area contributed by atoms with Crippen LogP contribution in [0.2, 0.25) is 0 Å². The highest BCUT2D eigenvalue weighted by molar-refractivity contribution is 8.00. The lowest BCUT2D eigenvalue weighted by Gasteiger charge is -2.46. The Morgan fingerprint density at radius 1 is 1.17 bits per heavy atom. The van der Waals surface area contributed by atoms with E-state index in [1.165, 1.54) is 44.3 Å². The molecule has 1 aromatic carbocycles. The average Bonchev–Trinajstić information content (AvgIpc) is 3.65. The van der Waals surface area contributed by atoms with E-state index < -0.39 is 81.8 Å². The highest BCUT2D eigenvalue weighted by atomic mass is 32.2. The largest absolute Gasteiger partial charge is 0.477 e. The predicted octanol–water partition coefficient (Wildman–Crippen LogP) is 2.54. The number of nitrogens with one attached hydrogen (secondary N) is 1. The number of nitrogen functional groups attached to an aromatic ring is 1. The molecule has 3 aromatic rings. The Morgan fingerprint density at radius 2 is 1.90 bits per heavy atom. The summed E-state index contributed by atoms with van der Waals surface area (Å²) >= 11 is 2.36. The molecule has 4 aliphatic rings. The van der Waals surface area contributed by atoms with Crippen LogP contribution in [0.5, 0.6) is 0 Å². The molecule has 0 radical (unpaired) electrons. The summed E-state index contributed by atoms with van der Waals surface area (Å²) in [5.74, 6) is -6.63. The maximum atomic E-state index is 15.8. The van der Waals surface area contributed by atoms with Crippen molar-refractivity contribution >= 4 is 86.1 Å². The number of pyridine rings is 1. The number of halogens is 1. The number of ketones is 1. The van der Waals surface area contributed by atoms with Crippen LogP contribution >= 0.6 is 23.1 Å². The number of ether oxygens (including phenoxy) is 3. The number of anilines is 2. The summed E-state index contributed by atoms with van der Waals surface area (Å²) in [6.07, 6.45) is 0.991. The van der Waals surface area contributed by atoms with Crippen LogP contribution in [0.25, 0.3) is 10.9 Å². The maximum absolute atomic E-state index is 15.8. The molecular weight excluding hydrogens is 828 g/mol. The number of nitrogens with zero attached hydrogens (tertiary/aromatic N) is 4. The zero-order chi connectivity index (χ0) is 43.2. The second-order valence-corrected chi connectivity index (χ2v) is 16.9. The molecule has 0 bridgehead atoms. The van der Waals surface area contributed by atoms with Crippen molar-refractivity contribution in [1.82, 2.24) is 14.9 Å². The van der Waals surface area contributed by atoms with Crippen molar-refractivity contribution in [3.63, 3.8) is 0 Å². The van der Waals surface area contributed by atoms with Gasteiger partial charge in [-0.25, -0.2) is 23.8 Å². The van der Waals surface area contributed by atoms with Crippen LogP contribution in [-0.4, -0.2) is 112 Å².